The van der Waals surface area contributed by atoms with E-state index in [4.69, 9.17) is 0 Å². The van der Waals surface area contributed by atoms with Gasteiger partial charge in [-0.1, -0.05) is 41.0 Å². The highest BCUT2D eigenvalue weighted by Gasteiger charge is 2.58. The molecule has 3 amide bonds. The van der Waals surface area contributed by atoms with Crippen LogP contribution in [0.1, 0.15) is 53.9 Å². The van der Waals surface area contributed by atoms with Crippen molar-refractivity contribution in [1.82, 2.24) is 10.2 Å². The van der Waals surface area contributed by atoms with Crippen molar-refractivity contribution in [3.05, 3.63) is 0 Å². The number of nitrogens with one attached hydrogen (secondary N) is 1. The lowest BCUT2D eigenvalue weighted by atomic mass is 9.67. The van der Waals surface area contributed by atoms with E-state index in [0.29, 0.717) is 0 Å². The number of amides is 3. The summed E-state index contributed by atoms with van der Waals surface area (Å²) in [5.41, 5.74) is -1.37. The first kappa shape index (κ1) is 16.0. The Kier molecular flexibility index (Phi) is 3.89. The van der Waals surface area contributed by atoms with Gasteiger partial charge in [-0.15, -0.1) is 0 Å². The van der Waals surface area contributed by atoms with Crippen LogP contribution in [0, 0.1) is 17.3 Å². The van der Waals surface area contributed by atoms with Gasteiger partial charge >= 0.3 is 6.03 Å². The Morgan fingerprint density at radius 2 is 1.76 bits per heavy atom. The topological polar surface area (TPSA) is 66.5 Å². The van der Waals surface area contributed by atoms with Gasteiger partial charge in [0.05, 0.1) is 6.54 Å². The lowest BCUT2D eigenvalue weighted by Gasteiger charge is -2.42. The SMILES string of the molecule is CC1CCCC(C)C12NC(=O)N(CC(=O)C(C)(C)C)C2=O. The van der Waals surface area contributed by atoms with Crippen molar-refractivity contribution < 1.29 is 14.4 Å². The third-order valence-electron chi connectivity index (χ3n) is 5.13. The highest BCUT2D eigenvalue weighted by molar-refractivity contribution is 6.10. The van der Waals surface area contributed by atoms with Crippen LogP contribution in [0.25, 0.3) is 0 Å². The van der Waals surface area contributed by atoms with Gasteiger partial charge in [0.2, 0.25) is 0 Å². The number of Topliss-reactive ketones (excluding diaryl/α,β-unsaturated/α-hetero) is 1. The van der Waals surface area contributed by atoms with E-state index in [0.717, 1.165) is 24.2 Å². The van der Waals surface area contributed by atoms with Crippen molar-refractivity contribution >= 4 is 17.7 Å². The highest BCUT2D eigenvalue weighted by Crippen LogP contribution is 2.42. The number of hydrogen-bond donors (Lipinski definition) is 1. The van der Waals surface area contributed by atoms with Crippen LogP contribution >= 0.6 is 0 Å². The minimum Gasteiger partial charge on any atom is -0.323 e. The zero-order chi connectivity index (χ0) is 16.0. The van der Waals surface area contributed by atoms with E-state index in [1.165, 1.54) is 0 Å². The molecule has 0 aromatic rings. The fourth-order valence-electron chi connectivity index (χ4n) is 3.48. The van der Waals surface area contributed by atoms with Crippen molar-refractivity contribution in [3.63, 3.8) is 0 Å². The molecule has 1 saturated heterocycles. The smallest absolute Gasteiger partial charge is 0.323 e. The van der Waals surface area contributed by atoms with Crippen LogP contribution in [0.2, 0.25) is 0 Å². The van der Waals surface area contributed by atoms with Crippen molar-refractivity contribution in [2.45, 2.75) is 59.4 Å². The van der Waals surface area contributed by atoms with E-state index in [1.807, 2.05) is 13.8 Å². The van der Waals surface area contributed by atoms with Gasteiger partial charge in [-0.3, -0.25) is 14.5 Å². The van der Waals surface area contributed by atoms with Crippen molar-refractivity contribution in [2.75, 3.05) is 6.54 Å². The first-order chi connectivity index (χ1) is 9.60. The predicted octanol–water partition coefficient (Wildman–Crippen LogP) is 2.35. The molecular formula is C16H26N2O3. The summed E-state index contributed by atoms with van der Waals surface area (Å²) in [4.78, 5) is 38.4. The van der Waals surface area contributed by atoms with Gasteiger partial charge in [-0.05, 0) is 24.7 Å². The molecule has 2 rings (SSSR count). The molecule has 0 radical (unpaired) electrons. The number of carbonyl (C=O) groups excluding carboxylic acids is 3. The van der Waals surface area contributed by atoms with E-state index in [1.54, 1.807) is 20.8 Å². The van der Waals surface area contributed by atoms with Crippen LogP contribution in [0.4, 0.5) is 4.79 Å². The monoisotopic (exact) mass is 294 g/mol. The Hall–Kier alpha value is -1.39. The third kappa shape index (κ3) is 2.47. The molecule has 1 spiro atoms. The van der Waals surface area contributed by atoms with Gasteiger partial charge < -0.3 is 5.32 Å². The maximum Gasteiger partial charge on any atom is 0.325 e. The zero-order valence-corrected chi connectivity index (χ0v) is 13.7. The maximum absolute atomic E-state index is 12.9. The molecule has 2 fully saturated rings. The molecule has 0 aromatic heterocycles. The fraction of sp³-hybridized carbons (Fsp3) is 0.812. The van der Waals surface area contributed by atoms with E-state index in [9.17, 15) is 14.4 Å². The Morgan fingerprint density at radius 3 is 2.24 bits per heavy atom. The van der Waals surface area contributed by atoms with Gasteiger partial charge in [0.1, 0.15) is 5.54 Å². The first-order valence-electron chi connectivity index (χ1n) is 7.78. The largest absolute Gasteiger partial charge is 0.325 e. The molecule has 2 atom stereocenters. The molecule has 1 aliphatic heterocycles. The number of rotatable bonds is 2. The number of nitrogens with zero attached hydrogens (tertiary/aromatic N) is 1. The molecule has 0 aromatic carbocycles. The van der Waals surface area contributed by atoms with Crippen molar-refractivity contribution in [3.8, 4) is 0 Å². The van der Waals surface area contributed by atoms with Gasteiger partial charge in [0.15, 0.2) is 5.78 Å². The average molecular weight is 294 g/mol. The Balaban J connectivity index is 2.26. The van der Waals surface area contributed by atoms with Crippen LogP contribution in [-0.2, 0) is 9.59 Å². The Morgan fingerprint density at radius 1 is 1.24 bits per heavy atom. The minimum atomic E-state index is -0.812. The van der Waals surface area contributed by atoms with E-state index >= 15 is 0 Å². The van der Waals surface area contributed by atoms with Crippen molar-refractivity contribution in [1.29, 1.82) is 0 Å². The molecule has 0 bridgehead atoms. The van der Waals surface area contributed by atoms with Gasteiger partial charge in [-0.25, -0.2) is 4.79 Å². The summed E-state index contributed by atoms with van der Waals surface area (Å²) in [6.45, 7) is 9.31. The van der Waals surface area contributed by atoms with E-state index < -0.39 is 17.0 Å². The van der Waals surface area contributed by atoms with Crippen LogP contribution in [-0.4, -0.2) is 34.7 Å². The summed E-state index contributed by atoms with van der Waals surface area (Å²) in [6, 6.07) is -0.418. The molecule has 5 heteroatoms. The van der Waals surface area contributed by atoms with Gasteiger partial charge in [0, 0.05) is 5.41 Å². The Bertz CT molecular complexity index is 468. The van der Waals surface area contributed by atoms with Crippen molar-refractivity contribution in [2.24, 2.45) is 17.3 Å². The molecule has 5 nitrogen and oxygen atoms in total. The van der Waals surface area contributed by atoms with E-state index in [2.05, 4.69) is 5.32 Å². The summed E-state index contributed by atoms with van der Waals surface area (Å²) in [7, 11) is 0. The van der Waals surface area contributed by atoms with E-state index in [-0.39, 0.29) is 30.1 Å². The summed E-state index contributed by atoms with van der Waals surface area (Å²) >= 11 is 0. The summed E-state index contributed by atoms with van der Waals surface area (Å²) < 4.78 is 0. The lowest BCUT2D eigenvalue weighted by Crippen LogP contribution is -2.59. The molecular weight excluding hydrogens is 268 g/mol. The van der Waals surface area contributed by atoms with Gasteiger partial charge in [0.25, 0.3) is 5.91 Å². The molecule has 2 aliphatic rings. The van der Waals surface area contributed by atoms with Gasteiger partial charge in [-0.2, -0.15) is 0 Å². The van der Waals surface area contributed by atoms with Crippen LogP contribution < -0.4 is 5.32 Å². The summed E-state index contributed by atoms with van der Waals surface area (Å²) in [5.74, 6) is -0.108. The Labute approximate surface area is 126 Å². The lowest BCUT2D eigenvalue weighted by molar-refractivity contribution is -0.140. The average Bonchev–Trinajstić information content (AvgIpc) is 2.61. The number of ketones is 1. The number of urea groups is 1. The minimum absolute atomic E-state index is 0.0980. The molecule has 2 unspecified atom stereocenters. The second-order valence-corrected chi connectivity index (χ2v) is 7.60. The second kappa shape index (κ2) is 5.11. The maximum atomic E-state index is 12.9. The zero-order valence-electron chi connectivity index (χ0n) is 13.7. The van der Waals surface area contributed by atoms with Crippen LogP contribution in [0.15, 0.2) is 0 Å². The number of imide groups is 1. The molecule has 1 N–H and O–H groups in total. The quantitative estimate of drug-likeness (QED) is 0.795. The predicted molar refractivity (Wildman–Crippen MR) is 79.6 cm³/mol. The third-order valence-corrected chi connectivity index (χ3v) is 5.13. The summed E-state index contributed by atoms with van der Waals surface area (Å²) in [6.07, 6.45) is 2.93. The standard InChI is InChI=1S/C16H26N2O3/c1-10-7-6-8-11(2)16(10)13(20)18(14(21)17-16)9-12(19)15(3,4)5/h10-11H,6-9H2,1-5H3,(H,17,21). The first-order valence-corrected chi connectivity index (χ1v) is 7.78. The molecule has 1 heterocycles. The molecule has 1 saturated carbocycles. The molecule has 21 heavy (non-hydrogen) atoms. The molecule has 1 aliphatic carbocycles. The number of hydrogen-bond acceptors (Lipinski definition) is 3. The number of carbonyl (C=O) groups is 3. The second-order valence-electron chi connectivity index (χ2n) is 7.60. The van der Waals surface area contributed by atoms with Crippen LogP contribution in [0.3, 0.4) is 0 Å². The molecule has 118 valence electrons. The highest BCUT2D eigenvalue weighted by atomic mass is 16.2. The normalized spacial score (nSPS) is 33.5. The summed E-state index contributed by atoms with van der Waals surface area (Å²) in [5, 5.41) is 2.91. The van der Waals surface area contributed by atoms with Crippen LogP contribution in [0.5, 0.6) is 0 Å². The fourth-order valence-corrected chi connectivity index (χ4v) is 3.48.